The average Bonchev–Trinajstić information content (AvgIpc) is 3.58. The maximum absolute atomic E-state index is 8.86. The van der Waals surface area contributed by atoms with Gasteiger partial charge in [-0.15, -0.1) is 0 Å². The van der Waals surface area contributed by atoms with E-state index in [-0.39, 0.29) is 23.8 Å². The Balaban J connectivity index is 1.25. The van der Waals surface area contributed by atoms with E-state index in [9.17, 15) is 0 Å². The second-order valence-electron chi connectivity index (χ2n) is 13.1. The van der Waals surface area contributed by atoms with E-state index in [0.717, 1.165) is 70.6 Å². The van der Waals surface area contributed by atoms with Crippen molar-refractivity contribution < 1.29 is 9.47 Å². The maximum Gasteiger partial charge on any atom is 0.190 e. The second-order valence-corrected chi connectivity index (χ2v) is 13.1. The SMILES string of the molecule is N=C(OC(N)c1cc(C2OC3=C(CCC=C3)C2C2=CCCC=C2)ccc1-c1cc(-c2ccccc2)nc(-c2ccccc2)n1)C1C=CC=CC1. The molecule has 0 saturated heterocycles. The van der Waals surface area contributed by atoms with Crippen molar-refractivity contribution in [1.82, 2.24) is 9.97 Å². The van der Waals surface area contributed by atoms with Crippen LogP contribution < -0.4 is 5.73 Å². The molecule has 0 fully saturated rings. The van der Waals surface area contributed by atoms with Gasteiger partial charge in [0.05, 0.1) is 17.3 Å². The van der Waals surface area contributed by atoms with E-state index >= 15 is 0 Å². The van der Waals surface area contributed by atoms with Crippen LogP contribution in [0.2, 0.25) is 0 Å². The predicted molar refractivity (Wildman–Crippen MR) is 200 cm³/mol. The summed E-state index contributed by atoms with van der Waals surface area (Å²) in [5.41, 5.74) is 15.7. The predicted octanol–water partition coefficient (Wildman–Crippen LogP) is 10.1. The Morgan fingerprint density at radius 1 is 0.820 bits per heavy atom. The summed E-state index contributed by atoms with van der Waals surface area (Å²) < 4.78 is 13.1. The first-order valence-corrected chi connectivity index (χ1v) is 17.5. The van der Waals surface area contributed by atoms with Crippen LogP contribution in [-0.2, 0) is 9.47 Å². The highest BCUT2D eigenvalue weighted by atomic mass is 16.5. The highest BCUT2D eigenvalue weighted by Gasteiger charge is 2.39. The molecule has 3 aromatic carbocycles. The van der Waals surface area contributed by atoms with E-state index in [1.807, 2.05) is 78.9 Å². The zero-order valence-electron chi connectivity index (χ0n) is 27.9. The van der Waals surface area contributed by atoms with Crippen molar-refractivity contribution in [3.8, 4) is 33.9 Å². The molecule has 3 aliphatic carbocycles. The van der Waals surface area contributed by atoms with E-state index in [1.165, 1.54) is 11.1 Å². The van der Waals surface area contributed by atoms with Gasteiger partial charge >= 0.3 is 0 Å². The number of hydrogen-bond acceptors (Lipinski definition) is 6. The van der Waals surface area contributed by atoms with E-state index in [0.29, 0.717) is 12.2 Å². The molecular formula is C44H40N4O2. The van der Waals surface area contributed by atoms with Gasteiger partial charge in [-0.1, -0.05) is 121 Å². The molecule has 1 aromatic heterocycles. The van der Waals surface area contributed by atoms with Crippen molar-refractivity contribution in [2.75, 3.05) is 0 Å². The van der Waals surface area contributed by atoms with E-state index in [2.05, 4.69) is 60.7 Å². The summed E-state index contributed by atoms with van der Waals surface area (Å²) in [5, 5.41) is 8.86. The number of aromatic nitrogens is 2. The van der Waals surface area contributed by atoms with Crippen LogP contribution in [0.3, 0.4) is 0 Å². The molecule has 4 atom stereocenters. The average molecular weight is 657 g/mol. The summed E-state index contributed by atoms with van der Waals surface area (Å²) in [4.78, 5) is 10.1. The van der Waals surface area contributed by atoms with Gasteiger partial charge in [-0.3, -0.25) is 11.1 Å². The molecule has 0 radical (unpaired) electrons. The Morgan fingerprint density at radius 2 is 1.60 bits per heavy atom. The number of hydrogen-bond donors (Lipinski definition) is 2. The third kappa shape index (κ3) is 6.42. The molecule has 2 heterocycles. The molecule has 6 nitrogen and oxygen atoms in total. The highest BCUT2D eigenvalue weighted by Crippen LogP contribution is 2.50. The molecule has 50 heavy (non-hydrogen) atoms. The molecule has 8 rings (SSSR count). The van der Waals surface area contributed by atoms with Gasteiger partial charge in [-0.05, 0) is 67.0 Å². The lowest BCUT2D eigenvalue weighted by atomic mass is 9.79. The zero-order valence-corrected chi connectivity index (χ0v) is 27.9. The van der Waals surface area contributed by atoms with Crippen LogP contribution >= 0.6 is 0 Å². The quantitative estimate of drug-likeness (QED) is 0.112. The van der Waals surface area contributed by atoms with Crippen LogP contribution in [0.15, 0.2) is 157 Å². The van der Waals surface area contributed by atoms with Gasteiger partial charge < -0.3 is 9.47 Å². The number of ether oxygens (including phenoxy) is 2. The Hall–Kier alpha value is -5.59. The normalized spacial score (nSPS) is 21.4. The standard InChI is InChI=1S/C44H40N4O2/c45-42(31-19-9-3-10-20-31)50-43(46)36-27-33(41-40(30-17-7-2-8-18-30)35-23-13-14-24-39(35)49-41)25-26-34(36)38-28-37(29-15-5-1-6-16-29)47-44(48-38)32-21-11-4-12-22-32/h1,3-7,9-12,14-19,21-22,24-28,31,40-41,43,45H,2,8,13,20,23,46H2. The molecule has 248 valence electrons. The van der Waals surface area contributed by atoms with Crippen molar-refractivity contribution in [2.45, 2.75) is 44.4 Å². The number of nitrogens with two attached hydrogens (primary N) is 1. The zero-order chi connectivity index (χ0) is 33.9. The van der Waals surface area contributed by atoms with Crippen LogP contribution in [-0.4, -0.2) is 15.9 Å². The van der Waals surface area contributed by atoms with E-state index < -0.39 is 6.23 Å². The minimum atomic E-state index is -0.914. The highest BCUT2D eigenvalue weighted by molar-refractivity contribution is 5.79. The van der Waals surface area contributed by atoms with Crippen LogP contribution in [0.1, 0.15) is 55.6 Å². The van der Waals surface area contributed by atoms with Crippen molar-refractivity contribution in [3.05, 3.63) is 168 Å². The van der Waals surface area contributed by atoms with Gasteiger partial charge in [-0.25, -0.2) is 9.97 Å². The summed E-state index contributed by atoms with van der Waals surface area (Å²) in [7, 11) is 0. The molecule has 6 heteroatoms. The molecule has 3 N–H and O–H groups in total. The molecule has 4 unspecified atom stereocenters. The molecule has 1 aliphatic heterocycles. The summed E-state index contributed by atoms with van der Waals surface area (Å²) in [6.07, 6.45) is 22.9. The van der Waals surface area contributed by atoms with Crippen molar-refractivity contribution in [2.24, 2.45) is 17.6 Å². The first-order chi connectivity index (χ1) is 24.6. The third-order valence-electron chi connectivity index (χ3n) is 9.87. The molecule has 0 spiro atoms. The molecule has 4 aromatic rings. The summed E-state index contributed by atoms with van der Waals surface area (Å²) in [5.74, 6) is 1.70. The van der Waals surface area contributed by atoms with Gasteiger partial charge in [0.25, 0.3) is 0 Å². The van der Waals surface area contributed by atoms with Crippen LogP contribution in [0.25, 0.3) is 33.9 Å². The van der Waals surface area contributed by atoms with Crippen LogP contribution in [0.4, 0.5) is 0 Å². The van der Waals surface area contributed by atoms with Gasteiger partial charge in [0.15, 0.2) is 18.0 Å². The lowest BCUT2D eigenvalue weighted by Crippen LogP contribution is -2.24. The molecular weight excluding hydrogens is 617 g/mol. The number of allylic oxidation sites excluding steroid dienone is 8. The van der Waals surface area contributed by atoms with Crippen molar-refractivity contribution in [3.63, 3.8) is 0 Å². The largest absolute Gasteiger partial charge is 0.485 e. The second kappa shape index (κ2) is 14.1. The van der Waals surface area contributed by atoms with Gasteiger partial charge in [0.2, 0.25) is 0 Å². The monoisotopic (exact) mass is 656 g/mol. The summed E-state index contributed by atoms with van der Waals surface area (Å²) in [6.45, 7) is 0. The van der Waals surface area contributed by atoms with E-state index in [4.69, 9.17) is 30.6 Å². The van der Waals surface area contributed by atoms with Crippen molar-refractivity contribution in [1.29, 1.82) is 5.41 Å². The third-order valence-corrected chi connectivity index (χ3v) is 9.87. The van der Waals surface area contributed by atoms with Gasteiger partial charge in [0.1, 0.15) is 11.9 Å². The topological polar surface area (TPSA) is 94.1 Å². The van der Waals surface area contributed by atoms with E-state index in [1.54, 1.807) is 0 Å². The molecule has 0 amide bonds. The maximum atomic E-state index is 8.86. The molecule has 0 bridgehead atoms. The first kappa shape index (κ1) is 31.7. The van der Waals surface area contributed by atoms with Crippen LogP contribution in [0, 0.1) is 17.2 Å². The number of benzene rings is 3. The van der Waals surface area contributed by atoms with Crippen molar-refractivity contribution >= 4 is 5.90 Å². The Bertz CT molecular complexity index is 2030. The Kier molecular flexibility index (Phi) is 8.93. The number of rotatable bonds is 8. The lowest BCUT2D eigenvalue weighted by Gasteiger charge is -2.27. The fourth-order valence-corrected chi connectivity index (χ4v) is 7.32. The smallest absolute Gasteiger partial charge is 0.190 e. The van der Waals surface area contributed by atoms with Crippen LogP contribution in [0.5, 0.6) is 0 Å². The van der Waals surface area contributed by atoms with Gasteiger partial charge in [-0.2, -0.15) is 0 Å². The first-order valence-electron chi connectivity index (χ1n) is 17.5. The Morgan fingerprint density at radius 3 is 2.36 bits per heavy atom. The summed E-state index contributed by atoms with van der Waals surface area (Å²) in [6, 6.07) is 28.5. The van der Waals surface area contributed by atoms with Gasteiger partial charge in [0, 0.05) is 28.2 Å². The minimum Gasteiger partial charge on any atom is -0.485 e. The fraction of sp³-hybridized carbons (Fsp3) is 0.205. The Labute approximate surface area is 293 Å². The summed E-state index contributed by atoms with van der Waals surface area (Å²) >= 11 is 0. The fourth-order valence-electron chi connectivity index (χ4n) is 7.32. The number of nitrogens with one attached hydrogen (secondary N) is 1. The number of nitrogens with zero attached hydrogens (tertiary/aromatic N) is 2. The molecule has 4 aliphatic rings. The lowest BCUT2D eigenvalue weighted by molar-refractivity contribution is 0.131. The molecule has 0 saturated carbocycles. The minimum absolute atomic E-state index is 0.119.